The number of carbonyl (C=O) groups is 2. The van der Waals surface area contributed by atoms with Crippen LogP contribution < -0.4 is 25.8 Å². The Labute approximate surface area is 135 Å². The van der Waals surface area contributed by atoms with Gasteiger partial charge in [0, 0.05) is 17.8 Å². The van der Waals surface area contributed by atoms with E-state index in [4.69, 9.17) is 15.2 Å². The number of ether oxygens (including phenoxy) is 2. The molecule has 1 aromatic carbocycles. The number of carbonyl (C=O) groups excluding carboxylic acids is 2. The van der Waals surface area contributed by atoms with Crippen molar-refractivity contribution in [2.45, 2.75) is 38.3 Å². The number of anilines is 1. The number of amides is 2. The summed E-state index contributed by atoms with van der Waals surface area (Å²) in [4.78, 5) is 23.6. The number of benzene rings is 1. The van der Waals surface area contributed by atoms with E-state index in [9.17, 15) is 9.59 Å². The number of methoxy groups -OCH3 is 1. The number of nitrogens with one attached hydrogen (secondary N) is 2. The minimum absolute atomic E-state index is 0.105. The first-order chi connectivity index (χ1) is 10.8. The topological polar surface area (TPSA) is 103 Å². The summed E-state index contributed by atoms with van der Waals surface area (Å²) in [6.45, 7) is 3.13. The first kappa shape index (κ1) is 17.1. The predicted molar refractivity (Wildman–Crippen MR) is 86.5 cm³/mol. The molecule has 23 heavy (non-hydrogen) atoms. The molecule has 1 fully saturated rings. The molecule has 0 bridgehead atoms. The minimum Gasteiger partial charge on any atom is -0.493 e. The van der Waals surface area contributed by atoms with E-state index in [1.807, 2.05) is 0 Å². The second-order valence-electron chi connectivity index (χ2n) is 6.17. The van der Waals surface area contributed by atoms with Crippen molar-refractivity contribution in [3.63, 3.8) is 0 Å². The summed E-state index contributed by atoms with van der Waals surface area (Å²) in [6.07, 6.45) is 2.04. The van der Waals surface area contributed by atoms with Crippen LogP contribution in [0.25, 0.3) is 0 Å². The van der Waals surface area contributed by atoms with Crippen LogP contribution in [0.1, 0.15) is 26.7 Å². The zero-order valence-electron chi connectivity index (χ0n) is 13.6. The zero-order valence-corrected chi connectivity index (χ0v) is 13.6. The van der Waals surface area contributed by atoms with E-state index >= 15 is 0 Å². The van der Waals surface area contributed by atoms with Crippen LogP contribution in [0.15, 0.2) is 18.2 Å². The Morgan fingerprint density at radius 2 is 2.00 bits per heavy atom. The van der Waals surface area contributed by atoms with Crippen molar-refractivity contribution in [1.82, 2.24) is 5.32 Å². The molecule has 0 atom stereocenters. The normalized spacial score (nSPS) is 14.1. The molecular weight excluding hydrogens is 298 g/mol. The Morgan fingerprint density at radius 3 is 2.57 bits per heavy atom. The molecule has 4 N–H and O–H groups in total. The van der Waals surface area contributed by atoms with Gasteiger partial charge in [0.05, 0.1) is 12.6 Å². The lowest BCUT2D eigenvalue weighted by atomic mass is 10.1. The Balaban J connectivity index is 2.02. The maximum atomic E-state index is 11.9. The molecule has 0 aliphatic heterocycles. The smallest absolute Gasteiger partial charge is 0.258 e. The van der Waals surface area contributed by atoms with Crippen molar-refractivity contribution in [3.8, 4) is 11.5 Å². The molecule has 1 aliphatic rings. The van der Waals surface area contributed by atoms with Gasteiger partial charge in [-0.2, -0.15) is 0 Å². The second kappa shape index (κ2) is 6.87. The largest absolute Gasteiger partial charge is 0.493 e. The molecule has 7 nitrogen and oxygen atoms in total. The molecule has 0 radical (unpaired) electrons. The molecule has 2 amide bonds. The molecule has 1 aromatic rings. The highest BCUT2D eigenvalue weighted by molar-refractivity contribution is 5.97. The standard InChI is InChI=1S/C16H23N3O4/c1-16(2,17)15(21)19-11-6-7-12(22-3)13(8-11)23-9-14(20)18-10-4-5-10/h6-8,10H,4-5,9,17H2,1-3H3,(H,18,20)(H,19,21). The summed E-state index contributed by atoms with van der Waals surface area (Å²) in [5, 5.41) is 5.54. The molecular formula is C16H23N3O4. The van der Waals surface area contributed by atoms with E-state index in [0.717, 1.165) is 12.8 Å². The minimum atomic E-state index is -0.995. The molecule has 7 heteroatoms. The van der Waals surface area contributed by atoms with Crippen LogP contribution in [0.4, 0.5) is 5.69 Å². The summed E-state index contributed by atoms with van der Waals surface area (Å²) >= 11 is 0. The van der Waals surface area contributed by atoms with E-state index < -0.39 is 5.54 Å². The molecule has 1 saturated carbocycles. The fourth-order valence-electron chi connectivity index (χ4n) is 1.80. The first-order valence-electron chi connectivity index (χ1n) is 7.50. The van der Waals surface area contributed by atoms with E-state index in [-0.39, 0.29) is 24.5 Å². The van der Waals surface area contributed by atoms with Gasteiger partial charge in [-0.3, -0.25) is 9.59 Å². The van der Waals surface area contributed by atoms with Crippen LogP contribution in [0.5, 0.6) is 11.5 Å². The van der Waals surface area contributed by atoms with Gasteiger partial charge in [-0.05, 0) is 38.8 Å². The third kappa shape index (κ3) is 5.14. The van der Waals surface area contributed by atoms with Gasteiger partial charge in [0.15, 0.2) is 18.1 Å². The molecule has 0 unspecified atom stereocenters. The lowest BCUT2D eigenvalue weighted by Gasteiger charge is -2.18. The summed E-state index contributed by atoms with van der Waals surface area (Å²) in [5.74, 6) is 0.368. The van der Waals surface area contributed by atoms with Gasteiger partial charge in [-0.25, -0.2) is 0 Å². The summed E-state index contributed by atoms with van der Waals surface area (Å²) in [6, 6.07) is 5.23. The van der Waals surface area contributed by atoms with E-state index in [1.54, 1.807) is 32.0 Å². The molecule has 0 aromatic heterocycles. The predicted octanol–water partition coefficient (Wildman–Crippen LogP) is 1.03. The average Bonchev–Trinajstić information content (AvgIpc) is 3.28. The molecule has 1 aliphatic carbocycles. The van der Waals surface area contributed by atoms with Crippen LogP contribution >= 0.6 is 0 Å². The maximum Gasteiger partial charge on any atom is 0.258 e. The van der Waals surface area contributed by atoms with Crippen LogP contribution in [-0.2, 0) is 9.59 Å². The highest BCUT2D eigenvalue weighted by atomic mass is 16.5. The Hall–Kier alpha value is -2.28. The van der Waals surface area contributed by atoms with Gasteiger partial charge in [-0.1, -0.05) is 0 Å². The van der Waals surface area contributed by atoms with Crippen LogP contribution in [0.3, 0.4) is 0 Å². The Kier molecular flexibility index (Phi) is 5.10. The fourth-order valence-corrected chi connectivity index (χ4v) is 1.80. The van der Waals surface area contributed by atoms with Gasteiger partial charge in [0.25, 0.3) is 5.91 Å². The molecule has 2 rings (SSSR count). The quantitative estimate of drug-likeness (QED) is 0.696. The first-order valence-corrected chi connectivity index (χ1v) is 7.50. The van der Waals surface area contributed by atoms with Gasteiger partial charge >= 0.3 is 0 Å². The Bertz CT molecular complexity index is 591. The second-order valence-corrected chi connectivity index (χ2v) is 6.17. The van der Waals surface area contributed by atoms with E-state index in [1.165, 1.54) is 7.11 Å². The van der Waals surface area contributed by atoms with Crippen molar-refractivity contribution in [1.29, 1.82) is 0 Å². The molecule has 0 spiro atoms. The van der Waals surface area contributed by atoms with Crippen molar-refractivity contribution in [2.24, 2.45) is 5.73 Å². The Morgan fingerprint density at radius 1 is 1.30 bits per heavy atom. The number of hydrogen-bond donors (Lipinski definition) is 3. The highest BCUT2D eigenvalue weighted by Crippen LogP contribution is 2.30. The average molecular weight is 321 g/mol. The van der Waals surface area contributed by atoms with Crippen molar-refractivity contribution in [2.75, 3.05) is 19.0 Å². The summed E-state index contributed by atoms with van der Waals surface area (Å²) in [5.41, 5.74) is 5.28. The third-order valence-electron chi connectivity index (χ3n) is 3.31. The van der Waals surface area contributed by atoms with E-state index in [2.05, 4.69) is 10.6 Å². The molecule has 0 heterocycles. The van der Waals surface area contributed by atoms with Crippen LogP contribution in [-0.4, -0.2) is 37.1 Å². The third-order valence-corrected chi connectivity index (χ3v) is 3.31. The highest BCUT2D eigenvalue weighted by Gasteiger charge is 2.24. The fraction of sp³-hybridized carbons (Fsp3) is 0.500. The maximum absolute atomic E-state index is 11.9. The summed E-state index contributed by atoms with van der Waals surface area (Å²) in [7, 11) is 1.51. The van der Waals surface area contributed by atoms with Gasteiger partial charge in [0.2, 0.25) is 5.91 Å². The summed E-state index contributed by atoms with van der Waals surface area (Å²) < 4.78 is 10.7. The van der Waals surface area contributed by atoms with Gasteiger partial charge < -0.3 is 25.8 Å². The van der Waals surface area contributed by atoms with Gasteiger partial charge in [-0.15, -0.1) is 0 Å². The van der Waals surface area contributed by atoms with Crippen molar-refractivity contribution in [3.05, 3.63) is 18.2 Å². The lowest BCUT2D eigenvalue weighted by Crippen LogP contribution is -2.45. The van der Waals surface area contributed by atoms with Crippen molar-refractivity contribution < 1.29 is 19.1 Å². The molecule has 0 saturated heterocycles. The SMILES string of the molecule is COc1ccc(NC(=O)C(C)(C)N)cc1OCC(=O)NC1CC1. The number of nitrogens with two attached hydrogens (primary N) is 1. The molecule has 126 valence electrons. The number of hydrogen-bond acceptors (Lipinski definition) is 5. The zero-order chi connectivity index (χ0) is 17.0. The van der Waals surface area contributed by atoms with Gasteiger partial charge in [0.1, 0.15) is 0 Å². The monoisotopic (exact) mass is 321 g/mol. The van der Waals surface area contributed by atoms with Crippen molar-refractivity contribution >= 4 is 17.5 Å². The van der Waals surface area contributed by atoms with Crippen LogP contribution in [0.2, 0.25) is 0 Å². The number of rotatable bonds is 7. The van der Waals surface area contributed by atoms with E-state index in [0.29, 0.717) is 17.2 Å². The van der Waals surface area contributed by atoms with Crippen LogP contribution in [0, 0.1) is 0 Å². The lowest BCUT2D eigenvalue weighted by molar-refractivity contribution is -0.123.